The first-order valence-corrected chi connectivity index (χ1v) is 6.38. The topological polar surface area (TPSA) is 40.5 Å². The van der Waals surface area contributed by atoms with E-state index in [9.17, 15) is 9.90 Å². The summed E-state index contributed by atoms with van der Waals surface area (Å²) in [5.41, 5.74) is 0.759. The molecule has 1 saturated heterocycles. The number of carbonyl (C=O) groups excluding carboxylic acids is 1. The number of hydrogen-bond donors (Lipinski definition) is 1. The minimum absolute atomic E-state index is 0.0150. The van der Waals surface area contributed by atoms with E-state index in [2.05, 4.69) is 6.58 Å². The van der Waals surface area contributed by atoms with Gasteiger partial charge in [-0.2, -0.15) is 0 Å². The second-order valence-corrected chi connectivity index (χ2v) is 4.65. The quantitative estimate of drug-likeness (QED) is 0.826. The highest BCUT2D eigenvalue weighted by atomic mass is 16.3. The van der Waals surface area contributed by atoms with Gasteiger partial charge >= 0.3 is 0 Å². The van der Waals surface area contributed by atoms with Gasteiger partial charge in [0.1, 0.15) is 0 Å². The second kappa shape index (κ2) is 5.83. The van der Waals surface area contributed by atoms with Crippen molar-refractivity contribution < 1.29 is 9.90 Å². The number of benzene rings is 1. The highest BCUT2D eigenvalue weighted by Gasteiger charge is 2.30. The molecule has 0 bridgehead atoms. The summed E-state index contributed by atoms with van der Waals surface area (Å²) in [5.74, 6) is -0.565. The molecule has 0 spiro atoms. The molecule has 1 aromatic carbocycles. The van der Waals surface area contributed by atoms with Crippen molar-refractivity contribution >= 4 is 5.91 Å². The predicted octanol–water partition coefficient (Wildman–Crippen LogP) is 2.14. The fourth-order valence-corrected chi connectivity index (χ4v) is 2.37. The average Bonchev–Trinajstić information content (AvgIpc) is 2.94. The third kappa shape index (κ3) is 2.62. The van der Waals surface area contributed by atoms with E-state index in [-0.39, 0.29) is 5.91 Å². The number of hydrogen-bond acceptors (Lipinski definition) is 2. The lowest BCUT2D eigenvalue weighted by Crippen LogP contribution is -2.35. The van der Waals surface area contributed by atoms with Gasteiger partial charge in [-0.15, -0.1) is 6.58 Å². The van der Waals surface area contributed by atoms with Crippen molar-refractivity contribution in [1.82, 2.24) is 4.90 Å². The Hall–Kier alpha value is -1.61. The summed E-state index contributed by atoms with van der Waals surface area (Å²) in [4.78, 5) is 14.1. The number of aliphatic hydroxyl groups is 1. The number of aliphatic hydroxyl groups excluding tert-OH is 1. The Bertz CT molecular complexity index is 410. The Morgan fingerprint density at radius 2 is 1.89 bits per heavy atom. The highest BCUT2D eigenvalue weighted by molar-refractivity contribution is 5.81. The Kier molecular flexibility index (Phi) is 4.15. The summed E-state index contributed by atoms with van der Waals surface area (Å²) in [6, 6.07) is 9.27. The van der Waals surface area contributed by atoms with E-state index in [4.69, 9.17) is 0 Å². The van der Waals surface area contributed by atoms with E-state index in [1.807, 2.05) is 35.2 Å². The summed E-state index contributed by atoms with van der Waals surface area (Å²) >= 11 is 0. The number of likely N-dealkylation sites (tertiary alicyclic amines) is 1. The number of amides is 1. The Morgan fingerprint density at radius 3 is 2.44 bits per heavy atom. The van der Waals surface area contributed by atoms with Gasteiger partial charge in [0.2, 0.25) is 5.91 Å². The van der Waals surface area contributed by atoms with Gasteiger partial charge in [-0.3, -0.25) is 4.79 Å². The minimum atomic E-state index is -0.809. The van der Waals surface area contributed by atoms with Crippen molar-refractivity contribution in [1.29, 1.82) is 0 Å². The van der Waals surface area contributed by atoms with Crippen molar-refractivity contribution in [3.05, 3.63) is 48.6 Å². The molecule has 0 aromatic heterocycles. The van der Waals surface area contributed by atoms with E-state index in [0.29, 0.717) is 0 Å². The van der Waals surface area contributed by atoms with Gasteiger partial charge in [-0.05, 0) is 18.4 Å². The smallest absolute Gasteiger partial charge is 0.232 e. The lowest BCUT2D eigenvalue weighted by molar-refractivity contribution is -0.136. The second-order valence-electron chi connectivity index (χ2n) is 4.65. The van der Waals surface area contributed by atoms with Gasteiger partial charge in [-0.25, -0.2) is 0 Å². The van der Waals surface area contributed by atoms with E-state index in [1.54, 1.807) is 6.08 Å². The third-order valence-electron chi connectivity index (χ3n) is 3.44. The van der Waals surface area contributed by atoms with Gasteiger partial charge < -0.3 is 10.0 Å². The molecule has 96 valence electrons. The van der Waals surface area contributed by atoms with Gasteiger partial charge in [0, 0.05) is 13.1 Å². The number of carbonyl (C=O) groups is 1. The molecule has 1 aliphatic rings. The van der Waals surface area contributed by atoms with Crippen LogP contribution in [-0.2, 0) is 4.79 Å². The Morgan fingerprint density at radius 1 is 1.28 bits per heavy atom. The van der Waals surface area contributed by atoms with Crippen molar-refractivity contribution in [3.8, 4) is 0 Å². The normalized spacial score (nSPS) is 18.4. The van der Waals surface area contributed by atoms with Crippen molar-refractivity contribution in [3.63, 3.8) is 0 Å². The van der Waals surface area contributed by atoms with Crippen molar-refractivity contribution in [2.45, 2.75) is 18.9 Å². The Balaban J connectivity index is 2.12. The van der Waals surface area contributed by atoms with Crippen LogP contribution < -0.4 is 0 Å². The van der Waals surface area contributed by atoms with Crippen LogP contribution in [0.3, 0.4) is 0 Å². The molecule has 3 nitrogen and oxygen atoms in total. The van der Waals surface area contributed by atoms with Crippen LogP contribution in [0.4, 0.5) is 0 Å². The molecule has 0 saturated carbocycles. The Labute approximate surface area is 108 Å². The lowest BCUT2D eigenvalue weighted by Gasteiger charge is -2.24. The summed E-state index contributed by atoms with van der Waals surface area (Å²) < 4.78 is 0. The molecule has 2 unspecified atom stereocenters. The standard InChI is InChI=1S/C15H19NO2/c1-2-13(15(18)16-10-6-7-11-16)14(17)12-8-4-3-5-9-12/h2-5,8-9,13-14,17H,1,6-7,10-11H2. The molecule has 2 atom stereocenters. The molecule has 18 heavy (non-hydrogen) atoms. The van der Waals surface area contributed by atoms with Crippen molar-refractivity contribution in [2.75, 3.05) is 13.1 Å². The van der Waals surface area contributed by atoms with Crippen LogP contribution >= 0.6 is 0 Å². The first-order chi connectivity index (χ1) is 8.74. The molecule has 2 rings (SSSR count). The maximum Gasteiger partial charge on any atom is 0.232 e. The maximum absolute atomic E-state index is 12.3. The van der Waals surface area contributed by atoms with Crippen LogP contribution in [0, 0.1) is 5.92 Å². The fraction of sp³-hybridized carbons (Fsp3) is 0.400. The summed E-state index contributed by atoms with van der Waals surface area (Å²) in [5, 5.41) is 10.3. The minimum Gasteiger partial charge on any atom is -0.387 e. The van der Waals surface area contributed by atoms with E-state index >= 15 is 0 Å². The fourth-order valence-electron chi connectivity index (χ4n) is 2.37. The molecule has 3 heteroatoms. The molecule has 1 aromatic rings. The summed E-state index contributed by atoms with van der Waals surface area (Å²) in [6.45, 7) is 5.29. The monoisotopic (exact) mass is 245 g/mol. The van der Waals surface area contributed by atoms with Gasteiger partial charge in [0.25, 0.3) is 0 Å². The number of nitrogens with zero attached hydrogens (tertiary/aromatic N) is 1. The summed E-state index contributed by atoms with van der Waals surface area (Å²) in [6.07, 6.45) is 2.85. The van der Waals surface area contributed by atoms with Crippen LogP contribution in [-0.4, -0.2) is 29.0 Å². The van der Waals surface area contributed by atoms with E-state index in [1.165, 1.54) is 0 Å². The van der Waals surface area contributed by atoms with E-state index < -0.39 is 12.0 Å². The predicted molar refractivity (Wildman–Crippen MR) is 70.9 cm³/mol. The summed E-state index contributed by atoms with van der Waals surface area (Å²) in [7, 11) is 0. The van der Waals surface area contributed by atoms with Gasteiger partial charge in [0.15, 0.2) is 0 Å². The van der Waals surface area contributed by atoms with Gasteiger partial charge in [0.05, 0.1) is 12.0 Å². The molecule has 1 N–H and O–H groups in total. The largest absolute Gasteiger partial charge is 0.387 e. The van der Waals surface area contributed by atoms with E-state index in [0.717, 1.165) is 31.5 Å². The molecular formula is C15H19NO2. The van der Waals surface area contributed by atoms with Crippen LogP contribution in [0.2, 0.25) is 0 Å². The zero-order valence-electron chi connectivity index (χ0n) is 10.5. The van der Waals surface area contributed by atoms with Crippen LogP contribution in [0.5, 0.6) is 0 Å². The molecule has 0 aliphatic carbocycles. The molecule has 1 fully saturated rings. The molecular weight excluding hydrogens is 226 g/mol. The zero-order valence-corrected chi connectivity index (χ0v) is 10.5. The van der Waals surface area contributed by atoms with Gasteiger partial charge in [-0.1, -0.05) is 36.4 Å². The third-order valence-corrected chi connectivity index (χ3v) is 3.44. The SMILES string of the molecule is C=CC(C(=O)N1CCCC1)C(O)c1ccccc1. The van der Waals surface area contributed by atoms with Crippen molar-refractivity contribution in [2.24, 2.45) is 5.92 Å². The first kappa shape index (κ1) is 12.8. The zero-order chi connectivity index (χ0) is 13.0. The highest BCUT2D eigenvalue weighted by Crippen LogP contribution is 2.25. The maximum atomic E-state index is 12.3. The molecule has 1 aliphatic heterocycles. The number of rotatable bonds is 4. The van der Waals surface area contributed by atoms with Crippen LogP contribution in [0.15, 0.2) is 43.0 Å². The first-order valence-electron chi connectivity index (χ1n) is 6.38. The van der Waals surface area contributed by atoms with Crippen LogP contribution in [0.1, 0.15) is 24.5 Å². The lowest BCUT2D eigenvalue weighted by atomic mass is 9.94. The molecule has 0 radical (unpaired) electrons. The average molecular weight is 245 g/mol. The van der Waals surface area contributed by atoms with Crippen LogP contribution in [0.25, 0.3) is 0 Å². The molecule has 1 amide bonds. The molecule has 1 heterocycles.